The molecule has 9 nitrogen and oxygen atoms in total. The van der Waals surface area contributed by atoms with Crippen LogP contribution in [0.5, 0.6) is 5.75 Å². The van der Waals surface area contributed by atoms with Crippen molar-refractivity contribution in [2.45, 2.75) is 29.3 Å². The molecule has 0 saturated carbocycles. The van der Waals surface area contributed by atoms with E-state index in [2.05, 4.69) is 10.2 Å². The normalized spacial score (nSPS) is 14.8. The lowest BCUT2D eigenvalue weighted by Gasteiger charge is -2.25. The first-order chi connectivity index (χ1) is 15.9. The molecule has 1 aliphatic heterocycles. The zero-order chi connectivity index (χ0) is 23.4. The van der Waals surface area contributed by atoms with Gasteiger partial charge < -0.3 is 14.6 Å². The first-order valence-corrected chi connectivity index (χ1v) is 12.9. The van der Waals surface area contributed by atoms with Gasteiger partial charge in [0.25, 0.3) is 0 Å². The van der Waals surface area contributed by atoms with Gasteiger partial charge in [0.2, 0.25) is 10.0 Å². The van der Waals surface area contributed by atoms with Crippen LogP contribution < -0.4 is 9.84 Å². The van der Waals surface area contributed by atoms with Gasteiger partial charge >= 0.3 is 0 Å². The molecule has 0 atom stereocenters. The van der Waals surface area contributed by atoms with Gasteiger partial charge in [-0.2, -0.15) is 4.31 Å². The van der Waals surface area contributed by atoms with Crippen LogP contribution in [0.25, 0.3) is 17.1 Å². The number of ether oxygens (including phenoxy) is 1. The van der Waals surface area contributed by atoms with Gasteiger partial charge in [0.15, 0.2) is 11.0 Å². The van der Waals surface area contributed by atoms with E-state index in [1.165, 1.54) is 11.4 Å². The lowest BCUT2D eigenvalue weighted by Crippen LogP contribution is -2.35. The first-order valence-electron chi connectivity index (χ1n) is 10.4. The summed E-state index contributed by atoms with van der Waals surface area (Å²) in [5, 5.41) is 19.8. The van der Waals surface area contributed by atoms with Crippen molar-refractivity contribution in [2.24, 2.45) is 0 Å². The van der Waals surface area contributed by atoms with Gasteiger partial charge in [-0.15, -0.1) is 10.2 Å². The molecule has 0 aliphatic carbocycles. The second-order valence-corrected chi connectivity index (χ2v) is 10.3. The van der Waals surface area contributed by atoms with Crippen LogP contribution in [0.15, 0.2) is 58.6 Å². The van der Waals surface area contributed by atoms with Crippen LogP contribution in [0.3, 0.4) is 0 Å². The number of methoxy groups -OCH3 is 1. The molecule has 33 heavy (non-hydrogen) atoms. The number of hydrogen-bond donors (Lipinski definition) is 0. The largest absolute Gasteiger partial charge is 0.549 e. The molecule has 174 valence electrons. The zero-order valence-electron chi connectivity index (χ0n) is 18.0. The third-order valence-electron chi connectivity index (χ3n) is 5.34. The molecule has 0 N–H and O–H groups in total. The highest BCUT2D eigenvalue weighted by Crippen LogP contribution is 2.33. The van der Waals surface area contributed by atoms with E-state index in [0.717, 1.165) is 31.0 Å². The van der Waals surface area contributed by atoms with Gasteiger partial charge in [0, 0.05) is 24.4 Å². The van der Waals surface area contributed by atoms with Crippen molar-refractivity contribution in [2.75, 3.05) is 26.0 Å². The summed E-state index contributed by atoms with van der Waals surface area (Å²) in [4.78, 5) is 11.2. The number of rotatable bonds is 8. The van der Waals surface area contributed by atoms with Crippen molar-refractivity contribution in [3.63, 3.8) is 0 Å². The van der Waals surface area contributed by atoms with E-state index in [0.29, 0.717) is 41.1 Å². The van der Waals surface area contributed by atoms with Gasteiger partial charge in [0.1, 0.15) is 5.75 Å². The SMILES string of the molecule is COc1ccccc1-n1c(SCC(=O)[O-])nnc1-c1ccc(S(=O)(=O)N2CCCCC2)cc1. The van der Waals surface area contributed by atoms with Crippen LogP contribution in [0.4, 0.5) is 0 Å². The van der Waals surface area contributed by atoms with Crippen LogP contribution in [0.1, 0.15) is 19.3 Å². The molecule has 1 saturated heterocycles. The monoisotopic (exact) mass is 487 g/mol. The number of aromatic nitrogens is 3. The van der Waals surface area contributed by atoms with E-state index >= 15 is 0 Å². The molecule has 0 bridgehead atoms. The Hall–Kier alpha value is -2.89. The summed E-state index contributed by atoms with van der Waals surface area (Å²) in [5.74, 6) is -0.524. The predicted octanol–water partition coefficient (Wildman–Crippen LogP) is 1.96. The minimum atomic E-state index is -3.55. The Balaban J connectivity index is 1.73. The summed E-state index contributed by atoms with van der Waals surface area (Å²) >= 11 is 0.980. The van der Waals surface area contributed by atoms with Crippen molar-refractivity contribution in [1.29, 1.82) is 0 Å². The zero-order valence-corrected chi connectivity index (χ0v) is 19.6. The second-order valence-electron chi connectivity index (χ2n) is 7.46. The molecule has 2 aromatic carbocycles. The van der Waals surface area contributed by atoms with Crippen LogP contribution in [-0.4, -0.2) is 59.4 Å². The highest BCUT2D eigenvalue weighted by Gasteiger charge is 2.26. The highest BCUT2D eigenvalue weighted by atomic mass is 32.2. The van der Waals surface area contributed by atoms with Crippen molar-refractivity contribution < 1.29 is 23.1 Å². The summed E-state index contributed by atoms with van der Waals surface area (Å²) < 4.78 is 34.6. The maximum atomic E-state index is 13.0. The minimum Gasteiger partial charge on any atom is -0.549 e. The third kappa shape index (κ3) is 4.90. The topological polar surface area (TPSA) is 117 Å². The van der Waals surface area contributed by atoms with Crippen molar-refractivity contribution in [1.82, 2.24) is 19.1 Å². The van der Waals surface area contributed by atoms with E-state index in [-0.39, 0.29) is 10.6 Å². The van der Waals surface area contributed by atoms with Crippen LogP contribution in [-0.2, 0) is 14.8 Å². The molecule has 1 aliphatic rings. The summed E-state index contributed by atoms with van der Waals surface area (Å²) in [6, 6.07) is 13.7. The van der Waals surface area contributed by atoms with E-state index in [1.54, 1.807) is 34.9 Å². The Bertz CT molecular complexity index is 1240. The molecule has 3 aromatic rings. The molecule has 4 rings (SSSR count). The molecule has 1 fully saturated rings. The van der Waals surface area contributed by atoms with E-state index in [9.17, 15) is 18.3 Å². The Morgan fingerprint density at radius 1 is 1.06 bits per heavy atom. The lowest BCUT2D eigenvalue weighted by atomic mass is 10.2. The molecule has 0 amide bonds. The maximum absolute atomic E-state index is 13.0. The molecule has 0 unspecified atom stereocenters. The molecule has 0 spiro atoms. The lowest BCUT2D eigenvalue weighted by molar-refractivity contribution is -0.301. The number of nitrogens with zero attached hydrogens (tertiary/aromatic N) is 4. The number of thioether (sulfide) groups is 1. The smallest absolute Gasteiger partial charge is 0.243 e. The van der Waals surface area contributed by atoms with Gasteiger partial charge in [0.05, 0.1) is 23.7 Å². The quantitative estimate of drug-likeness (QED) is 0.443. The fraction of sp³-hybridized carbons (Fsp3) is 0.318. The van der Waals surface area contributed by atoms with Crippen LogP contribution >= 0.6 is 11.8 Å². The molecule has 11 heteroatoms. The van der Waals surface area contributed by atoms with Gasteiger partial charge in [-0.1, -0.05) is 30.3 Å². The average molecular weight is 488 g/mol. The number of aliphatic carboxylic acids is 1. The average Bonchev–Trinajstić information content (AvgIpc) is 3.27. The molecular weight excluding hydrogens is 464 g/mol. The number of benzene rings is 2. The summed E-state index contributed by atoms with van der Waals surface area (Å²) in [7, 11) is -2.01. The number of carboxylic acids is 1. The van der Waals surface area contributed by atoms with E-state index in [4.69, 9.17) is 4.74 Å². The highest BCUT2D eigenvalue weighted by molar-refractivity contribution is 7.99. The Labute approximate surface area is 196 Å². The Morgan fingerprint density at radius 2 is 1.76 bits per heavy atom. The summed E-state index contributed by atoms with van der Waals surface area (Å²) in [6.07, 6.45) is 2.78. The van der Waals surface area contributed by atoms with Crippen LogP contribution in [0, 0.1) is 0 Å². The summed E-state index contributed by atoms with van der Waals surface area (Å²) in [6.45, 7) is 1.07. The van der Waals surface area contributed by atoms with Crippen molar-refractivity contribution in [3.8, 4) is 22.8 Å². The molecule has 2 heterocycles. The number of piperidine rings is 1. The first kappa shape index (κ1) is 23.3. The van der Waals surface area contributed by atoms with Crippen molar-refractivity contribution >= 4 is 27.8 Å². The fourth-order valence-corrected chi connectivity index (χ4v) is 5.91. The summed E-state index contributed by atoms with van der Waals surface area (Å²) in [5.41, 5.74) is 1.26. The van der Waals surface area contributed by atoms with Crippen LogP contribution in [0.2, 0.25) is 0 Å². The molecule has 0 radical (unpaired) electrons. The predicted molar refractivity (Wildman–Crippen MR) is 122 cm³/mol. The number of sulfonamides is 1. The number of hydrogen-bond acceptors (Lipinski definition) is 8. The number of para-hydroxylation sites is 2. The fourth-order valence-electron chi connectivity index (χ4n) is 3.74. The van der Waals surface area contributed by atoms with Gasteiger partial charge in [-0.25, -0.2) is 8.42 Å². The third-order valence-corrected chi connectivity index (χ3v) is 8.16. The standard InChI is InChI=1S/C22H24N4O5S2/c1-31-19-8-4-3-7-18(19)26-21(23-24-22(26)32-15-20(27)28)16-9-11-17(12-10-16)33(29,30)25-13-5-2-6-14-25/h3-4,7-12H,2,5-6,13-15H2,1H3,(H,27,28)/p-1. The maximum Gasteiger partial charge on any atom is 0.243 e. The van der Waals surface area contributed by atoms with E-state index < -0.39 is 16.0 Å². The molecular formula is C22H23N4O5S2-. The number of carbonyl (C=O) groups excluding carboxylic acids is 1. The van der Waals surface area contributed by atoms with Gasteiger partial charge in [-0.05, 0) is 49.2 Å². The Morgan fingerprint density at radius 3 is 2.42 bits per heavy atom. The van der Waals surface area contributed by atoms with E-state index in [1.807, 2.05) is 18.2 Å². The van der Waals surface area contributed by atoms with Gasteiger partial charge in [-0.3, -0.25) is 4.57 Å². The minimum absolute atomic E-state index is 0.225. The second kappa shape index (κ2) is 9.94. The Kier molecular flexibility index (Phi) is 7.01. The molecule has 1 aromatic heterocycles. The number of carbonyl (C=O) groups is 1. The number of carboxylic acid groups (broad SMARTS) is 1. The van der Waals surface area contributed by atoms with Crippen molar-refractivity contribution in [3.05, 3.63) is 48.5 Å².